The largest absolute Gasteiger partial charge is 0.481 e. The fourth-order valence-electron chi connectivity index (χ4n) is 12.2. The van der Waals surface area contributed by atoms with Crippen molar-refractivity contribution in [2.75, 3.05) is 49.3 Å². The van der Waals surface area contributed by atoms with E-state index in [1.807, 2.05) is 0 Å². The molecule has 4 aliphatic heterocycles. The lowest BCUT2D eigenvalue weighted by Gasteiger charge is -2.31. The van der Waals surface area contributed by atoms with Crippen molar-refractivity contribution in [1.82, 2.24) is 98.9 Å². The van der Waals surface area contributed by atoms with E-state index >= 15 is 0 Å². The SMILES string of the molecule is CC(C)C[C@@H]1NC(=O)[C@H](CCC(=O)O)NC(=O)[C@@H]2CCCN2C(=O)[C@H](Cc2cnc[nH]2)NC(=O)[C@H](CC(N)=O)NC(=O)[C@H](C(C)C)NC(=O)[C@H]([C@@H](C)O)NC(=O)[C@@H]2CSSC[C@H](NC(=O)CN)C(=O)N[C@@H](CSSC[C@@H](C(N)=O)NC1=O)C(=O)N[C@@H](CO)C(=O)N[C@@H](Cc1cnc[nH]1)C(=O)N1CCC[C@H]1C(=O)N[C@@H](C)C(=O)N2. The van der Waals surface area contributed by atoms with Crippen molar-refractivity contribution in [2.45, 2.75) is 202 Å². The van der Waals surface area contributed by atoms with Crippen LogP contribution in [0.25, 0.3) is 0 Å². The number of hydrogen-bond donors (Lipinski definition) is 21. The molecule has 43 nitrogen and oxygen atoms in total. The Morgan fingerprint density at radius 3 is 1.50 bits per heavy atom. The number of carboxylic acids is 1. The van der Waals surface area contributed by atoms with E-state index in [-0.39, 0.29) is 69.6 Å². The zero-order valence-corrected chi connectivity index (χ0v) is 66.0. The van der Waals surface area contributed by atoms with Crippen molar-refractivity contribution in [3.05, 3.63) is 36.4 Å². The van der Waals surface area contributed by atoms with Gasteiger partial charge in [-0.15, -0.1) is 0 Å². The van der Waals surface area contributed by atoms with Gasteiger partial charge in [0, 0.05) is 79.1 Å². The molecule has 0 spiro atoms. The van der Waals surface area contributed by atoms with E-state index in [1.165, 1.54) is 45.8 Å². The Morgan fingerprint density at radius 2 is 1.00 bits per heavy atom. The maximum Gasteiger partial charge on any atom is 0.303 e. The number of aliphatic carboxylic acids is 1. The van der Waals surface area contributed by atoms with Crippen LogP contribution in [-0.4, -0.2) is 297 Å². The van der Waals surface area contributed by atoms with Crippen LogP contribution in [0.2, 0.25) is 0 Å². The number of fused-ring (bicyclic) bond motifs is 10. The van der Waals surface area contributed by atoms with Gasteiger partial charge in [0.1, 0.15) is 90.6 Å². The van der Waals surface area contributed by atoms with Crippen molar-refractivity contribution < 1.29 is 102 Å². The average Bonchev–Trinajstić information content (AvgIpc) is 1.70. The number of amides is 17. The van der Waals surface area contributed by atoms with E-state index in [0.29, 0.717) is 5.69 Å². The topological polar surface area (TPSA) is 666 Å². The Hall–Kier alpha value is -9.84. The van der Waals surface area contributed by atoms with Gasteiger partial charge in [-0.1, -0.05) is 70.9 Å². The molecule has 0 radical (unpaired) electrons. The number of aliphatic hydroxyl groups is 2. The highest BCUT2D eigenvalue weighted by molar-refractivity contribution is 8.77. The summed E-state index contributed by atoms with van der Waals surface area (Å²) in [7, 11) is 3.18. The molecule has 2 aromatic heterocycles. The first-order chi connectivity index (χ1) is 53.5. The van der Waals surface area contributed by atoms with Crippen molar-refractivity contribution in [1.29, 1.82) is 0 Å². The number of primary amides is 2. The monoisotopic (exact) mass is 1660 g/mol. The molecule has 4 aliphatic rings. The number of carbonyl (C=O) groups is 18. The van der Waals surface area contributed by atoms with Gasteiger partial charge in [0.05, 0.1) is 38.3 Å². The van der Waals surface area contributed by atoms with E-state index in [4.69, 9.17) is 17.2 Å². The predicted molar refractivity (Wildman–Crippen MR) is 407 cm³/mol. The number of hydrogen-bond acceptors (Lipinski definition) is 27. The second-order valence-corrected chi connectivity index (χ2v) is 33.1. The molecule has 4 saturated heterocycles. The summed E-state index contributed by atoms with van der Waals surface area (Å²) in [5.41, 5.74) is 17.7. The van der Waals surface area contributed by atoms with Gasteiger partial charge >= 0.3 is 5.97 Å². The first-order valence-electron chi connectivity index (χ1n) is 36.3. The number of nitrogens with one attached hydrogen (secondary N) is 15. The summed E-state index contributed by atoms with van der Waals surface area (Å²) < 4.78 is 0. The summed E-state index contributed by atoms with van der Waals surface area (Å²) in [6.07, 6.45) is 0.768. The van der Waals surface area contributed by atoms with Crippen LogP contribution >= 0.6 is 43.2 Å². The lowest BCUT2D eigenvalue weighted by Crippen LogP contribution is -2.63. The van der Waals surface area contributed by atoms with E-state index in [9.17, 15) is 102 Å². The van der Waals surface area contributed by atoms with Crippen LogP contribution in [0.1, 0.15) is 104 Å². The van der Waals surface area contributed by atoms with Crippen LogP contribution in [0.15, 0.2) is 25.0 Å². The number of H-pyrrole nitrogens is 2. The molecule has 2 bridgehead atoms. The highest BCUT2D eigenvalue weighted by Crippen LogP contribution is 2.27. The Bertz CT molecular complexity index is 3750. The van der Waals surface area contributed by atoms with Crippen molar-refractivity contribution >= 4 is 150 Å². The third kappa shape index (κ3) is 28.0. The number of imidazole rings is 2. The van der Waals surface area contributed by atoms with E-state index in [2.05, 4.69) is 89.1 Å². The van der Waals surface area contributed by atoms with Crippen LogP contribution in [0.5, 0.6) is 0 Å². The Labute approximate surface area is 663 Å². The minimum atomic E-state index is -1.99. The first kappa shape index (κ1) is 92.0. The van der Waals surface area contributed by atoms with Crippen LogP contribution in [0.3, 0.4) is 0 Å². The van der Waals surface area contributed by atoms with Gasteiger partial charge in [-0.2, -0.15) is 0 Å². The number of aromatic nitrogens is 4. The molecule has 16 atom stereocenters. The normalized spacial score (nSPS) is 28.1. The molecule has 4 fully saturated rings. The summed E-state index contributed by atoms with van der Waals surface area (Å²) >= 11 is 0. The van der Waals surface area contributed by atoms with Gasteiger partial charge in [-0.3, -0.25) is 86.3 Å². The molecule has 24 N–H and O–H groups in total. The Balaban J connectivity index is 1.46. The number of nitrogens with zero attached hydrogens (tertiary/aromatic N) is 4. The molecule has 47 heteroatoms. The summed E-state index contributed by atoms with van der Waals surface area (Å²) in [5.74, 6) is -22.5. The van der Waals surface area contributed by atoms with Gasteiger partial charge in [0.2, 0.25) is 100 Å². The molecule has 0 aliphatic carbocycles. The standard InChI is InChI=1S/C66H100N22O21S4/c1-29(2)15-36-55(98)82-41(52(69)95)23-110-112-25-43-59(102)81-40(22-89)57(100)80-39(17-34-21-71-28-73-34)66(109)87-13-7-9-45(87)61(104)74-31(5)53(96)83-44(26-113-111-24-42(58(101)84-43)75-48(92)19-67)60(103)86-51(32(6)90)64(107)85-50(30(3)4)63(106)78-37(18-47(68)91)56(99)79-38(16-33-20-70-27-72-33)65(108)88-14-8-10-46(88)62(105)76-35(54(97)77-36)11-12-49(93)94/h20-21,27-32,35-46,50-51,89-90H,7-19,22-26,67H2,1-6H3,(H2,68,91)(H2,69,95)(H,70,72)(H,71,73)(H,74,104)(H,75,92)(H,76,105)(H,77,97)(H,78,106)(H,79,99)(H,80,100)(H,81,102)(H,82,98)(H,83,96)(H,84,101)(H,85,107)(H,86,103)(H,93,94)/t31-,32+,35-,36-,37-,38-,39-,40-,41-,42-,43-,44-,45-,46-,50-,51-/m0/s1. The molecular formula is C66H100N22O21S4. The summed E-state index contributed by atoms with van der Waals surface area (Å²) in [5, 5.41) is 63.9. The van der Waals surface area contributed by atoms with Crippen LogP contribution in [0, 0.1) is 11.8 Å². The minimum absolute atomic E-state index is 0.0416. The molecule has 624 valence electrons. The number of rotatable bonds is 17. The molecule has 0 unspecified atom stereocenters. The van der Waals surface area contributed by atoms with Gasteiger partial charge in [0.25, 0.3) is 0 Å². The van der Waals surface area contributed by atoms with Crippen LogP contribution in [-0.2, 0) is 99.1 Å². The van der Waals surface area contributed by atoms with Crippen LogP contribution in [0.4, 0.5) is 0 Å². The van der Waals surface area contributed by atoms with E-state index in [1.54, 1.807) is 13.8 Å². The smallest absolute Gasteiger partial charge is 0.303 e. The third-order valence-electron chi connectivity index (χ3n) is 18.3. The van der Waals surface area contributed by atoms with E-state index < -0.39 is 264 Å². The fraction of sp³-hybridized carbons (Fsp3) is 0.636. The maximum atomic E-state index is 14.9. The van der Waals surface area contributed by atoms with Gasteiger partial charge in [-0.25, -0.2) is 9.97 Å². The summed E-state index contributed by atoms with van der Waals surface area (Å²) in [6, 6.07) is -24.8. The van der Waals surface area contributed by atoms with Crippen molar-refractivity contribution in [3.8, 4) is 0 Å². The third-order valence-corrected chi connectivity index (χ3v) is 23.1. The fourth-order valence-corrected chi connectivity index (χ4v) is 16.9. The highest BCUT2D eigenvalue weighted by atomic mass is 33.1. The van der Waals surface area contributed by atoms with Crippen molar-refractivity contribution in [2.24, 2.45) is 29.0 Å². The van der Waals surface area contributed by atoms with E-state index in [0.717, 1.165) is 59.9 Å². The Kier molecular flexibility index (Phi) is 36.3. The zero-order valence-electron chi connectivity index (χ0n) is 62.8. The second-order valence-electron chi connectivity index (χ2n) is 28.0. The predicted octanol–water partition coefficient (Wildman–Crippen LogP) is -8.73. The molecule has 6 rings (SSSR count). The number of aliphatic hydroxyl groups excluding tert-OH is 2. The number of carbonyl (C=O) groups excluding carboxylic acids is 17. The quantitative estimate of drug-likeness (QED) is 0.0654. The zero-order chi connectivity index (χ0) is 83.5. The molecule has 113 heavy (non-hydrogen) atoms. The lowest BCUT2D eigenvalue weighted by atomic mass is 10.0. The number of carboxylic acid groups (broad SMARTS) is 1. The van der Waals surface area contributed by atoms with Gasteiger partial charge in [0.15, 0.2) is 0 Å². The molecule has 2 aromatic rings. The first-order valence-corrected chi connectivity index (χ1v) is 41.2. The lowest BCUT2D eigenvalue weighted by molar-refractivity contribution is -0.143. The number of nitrogens with two attached hydrogens (primary N) is 3. The van der Waals surface area contributed by atoms with Gasteiger partial charge < -0.3 is 121 Å². The summed E-state index contributed by atoms with van der Waals surface area (Å²) in [4.78, 5) is 270. The maximum absolute atomic E-state index is 14.9. The molecule has 0 aromatic carbocycles. The Morgan fingerprint density at radius 1 is 0.540 bits per heavy atom. The van der Waals surface area contributed by atoms with Gasteiger partial charge in [-0.05, 0) is 64.2 Å². The van der Waals surface area contributed by atoms with Crippen LogP contribution < -0.4 is 86.3 Å². The van der Waals surface area contributed by atoms with Crippen molar-refractivity contribution in [3.63, 3.8) is 0 Å². The highest BCUT2D eigenvalue weighted by Gasteiger charge is 2.44. The average molecular weight is 1670 g/mol. The molecular weight excluding hydrogens is 1570 g/mol. The molecule has 17 amide bonds. The summed E-state index contributed by atoms with van der Waals surface area (Å²) in [6.45, 7) is 6.60. The molecule has 6 heterocycles. The number of aromatic amines is 2. The molecule has 0 saturated carbocycles. The second kappa shape index (κ2) is 44.6. The minimum Gasteiger partial charge on any atom is -0.481 e.